The Bertz CT molecular complexity index is 201. The van der Waals surface area contributed by atoms with E-state index in [1.54, 1.807) is 0 Å². The zero-order chi connectivity index (χ0) is 9.52. The van der Waals surface area contributed by atoms with Gasteiger partial charge in [-0.3, -0.25) is 4.79 Å². The molecule has 0 saturated carbocycles. The van der Waals surface area contributed by atoms with E-state index in [0.29, 0.717) is 0 Å². The monoisotopic (exact) mass is 181 g/mol. The van der Waals surface area contributed by atoms with Crippen molar-refractivity contribution < 1.29 is 18.0 Å². The van der Waals surface area contributed by atoms with E-state index < -0.39 is 23.9 Å². The standard InChI is InChI=1S/C7H10F3NO/c1-4-5(7(8,9)10)3-11(2)6(4)12/h4-5H,3H2,1-2H3. The molecule has 0 aromatic heterocycles. The number of carbonyl (C=O) groups excluding carboxylic acids is 1. The van der Waals surface area contributed by atoms with Gasteiger partial charge in [0.05, 0.1) is 5.92 Å². The summed E-state index contributed by atoms with van der Waals surface area (Å²) < 4.78 is 36.5. The van der Waals surface area contributed by atoms with Crippen molar-refractivity contribution in [3.8, 4) is 0 Å². The molecular weight excluding hydrogens is 171 g/mol. The van der Waals surface area contributed by atoms with E-state index in [1.165, 1.54) is 14.0 Å². The quantitative estimate of drug-likeness (QED) is 0.551. The first-order valence-corrected chi connectivity index (χ1v) is 3.65. The number of rotatable bonds is 0. The molecule has 0 aliphatic carbocycles. The Kier molecular flexibility index (Phi) is 2.06. The highest BCUT2D eigenvalue weighted by molar-refractivity contribution is 5.80. The predicted molar refractivity (Wildman–Crippen MR) is 36.3 cm³/mol. The third-order valence-electron chi connectivity index (χ3n) is 2.26. The van der Waals surface area contributed by atoms with Gasteiger partial charge >= 0.3 is 6.18 Å². The number of hydrogen-bond acceptors (Lipinski definition) is 1. The highest BCUT2D eigenvalue weighted by Crippen LogP contribution is 2.37. The molecule has 1 rings (SSSR count). The van der Waals surface area contributed by atoms with E-state index in [0.717, 1.165) is 4.90 Å². The van der Waals surface area contributed by atoms with Crippen LogP contribution in [0.1, 0.15) is 6.92 Å². The van der Waals surface area contributed by atoms with Crippen LogP contribution in [0.15, 0.2) is 0 Å². The van der Waals surface area contributed by atoms with Crippen molar-refractivity contribution >= 4 is 5.91 Å². The van der Waals surface area contributed by atoms with Crippen molar-refractivity contribution in [3.63, 3.8) is 0 Å². The van der Waals surface area contributed by atoms with Gasteiger partial charge in [0.2, 0.25) is 5.91 Å². The van der Waals surface area contributed by atoms with Gasteiger partial charge in [-0.15, -0.1) is 0 Å². The molecule has 2 atom stereocenters. The number of nitrogens with zero attached hydrogens (tertiary/aromatic N) is 1. The van der Waals surface area contributed by atoms with E-state index in [2.05, 4.69) is 0 Å². The van der Waals surface area contributed by atoms with Gasteiger partial charge in [0.15, 0.2) is 0 Å². The van der Waals surface area contributed by atoms with Crippen LogP contribution in [0.4, 0.5) is 13.2 Å². The smallest absolute Gasteiger partial charge is 0.345 e. The summed E-state index contributed by atoms with van der Waals surface area (Å²) >= 11 is 0. The first-order chi connectivity index (χ1) is 5.34. The second-order valence-corrected chi connectivity index (χ2v) is 3.16. The maximum Gasteiger partial charge on any atom is 0.394 e. The van der Waals surface area contributed by atoms with Crippen LogP contribution >= 0.6 is 0 Å². The third-order valence-corrected chi connectivity index (χ3v) is 2.26. The second kappa shape index (κ2) is 2.64. The third kappa shape index (κ3) is 1.40. The maximum absolute atomic E-state index is 12.2. The van der Waals surface area contributed by atoms with Crippen LogP contribution in [-0.4, -0.2) is 30.6 Å². The minimum Gasteiger partial charge on any atom is -0.345 e. The van der Waals surface area contributed by atoms with Crippen LogP contribution in [0.3, 0.4) is 0 Å². The zero-order valence-corrected chi connectivity index (χ0v) is 6.85. The first kappa shape index (κ1) is 9.35. The Hall–Kier alpha value is -0.740. The van der Waals surface area contributed by atoms with Crippen LogP contribution in [0.25, 0.3) is 0 Å². The lowest BCUT2D eigenvalue weighted by Gasteiger charge is -2.16. The molecule has 1 amide bonds. The van der Waals surface area contributed by atoms with Crippen LogP contribution in [0, 0.1) is 11.8 Å². The normalized spacial score (nSPS) is 31.4. The van der Waals surface area contributed by atoms with Crippen molar-refractivity contribution in [2.45, 2.75) is 13.1 Å². The lowest BCUT2D eigenvalue weighted by molar-refractivity contribution is -0.180. The van der Waals surface area contributed by atoms with E-state index >= 15 is 0 Å². The number of alkyl halides is 3. The summed E-state index contributed by atoms with van der Waals surface area (Å²) in [6, 6.07) is 0. The van der Waals surface area contributed by atoms with Gasteiger partial charge in [0.25, 0.3) is 0 Å². The van der Waals surface area contributed by atoms with Crippen molar-refractivity contribution in [1.29, 1.82) is 0 Å². The Morgan fingerprint density at radius 3 is 2.17 bits per heavy atom. The van der Waals surface area contributed by atoms with E-state index in [-0.39, 0.29) is 6.54 Å². The molecule has 0 aromatic rings. The van der Waals surface area contributed by atoms with E-state index in [1.807, 2.05) is 0 Å². The fraction of sp³-hybridized carbons (Fsp3) is 0.857. The number of hydrogen-bond donors (Lipinski definition) is 0. The number of carbonyl (C=O) groups is 1. The summed E-state index contributed by atoms with van der Waals surface area (Å²) in [4.78, 5) is 12.1. The van der Waals surface area contributed by atoms with Crippen molar-refractivity contribution in [2.24, 2.45) is 11.8 Å². The van der Waals surface area contributed by atoms with Crippen LogP contribution in [-0.2, 0) is 4.79 Å². The van der Waals surface area contributed by atoms with Crippen LogP contribution in [0.5, 0.6) is 0 Å². The van der Waals surface area contributed by atoms with Crippen molar-refractivity contribution in [2.75, 3.05) is 13.6 Å². The molecule has 0 bridgehead atoms. The fourth-order valence-electron chi connectivity index (χ4n) is 1.45. The molecule has 2 unspecified atom stereocenters. The molecule has 1 aliphatic rings. The highest BCUT2D eigenvalue weighted by atomic mass is 19.4. The average molecular weight is 181 g/mol. The van der Waals surface area contributed by atoms with Crippen LogP contribution < -0.4 is 0 Å². The molecule has 1 fully saturated rings. The summed E-state index contributed by atoms with van der Waals surface area (Å²) in [5.74, 6) is -2.83. The molecule has 0 radical (unpaired) electrons. The van der Waals surface area contributed by atoms with Gasteiger partial charge in [0, 0.05) is 19.5 Å². The van der Waals surface area contributed by atoms with Gasteiger partial charge in [-0.05, 0) is 0 Å². The molecule has 70 valence electrons. The largest absolute Gasteiger partial charge is 0.394 e. The van der Waals surface area contributed by atoms with Gasteiger partial charge in [-0.2, -0.15) is 13.2 Å². The zero-order valence-electron chi connectivity index (χ0n) is 6.85. The molecule has 0 N–H and O–H groups in total. The summed E-state index contributed by atoms with van der Waals surface area (Å²) in [6.45, 7) is 1.12. The molecule has 2 nitrogen and oxygen atoms in total. The van der Waals surface area contributed by atoms with Crippen molar-refractivity contribution in [1.82, 2.24) is 4.90 Å². The molecule has 0 aromatic carbocycles. The minimum atomic E-state index is -4.25. The molecule has 1 saturated heterocycles. The van der Waals surface area contributed by atoms with E-state index in [4.69, 9.17) is 0 Å². The fourth-order valence-corrected chi connectivity index (χ4v) is 1.45. The summed E-state index contributed by atoms with van der Waals surface area (Å²) in [5, 5.41) is 0. The lowest BCUT2D eigenvalue weighted by atomic mass is 9.97. The molecule has 1 heterocycles. The van der Waals surface area contributed by atoms with Gasteiger partial charge in [-0.1, -0.05) is 6.92 Å². The Morgan fingerprint density at radius 1 is 1.50 bits per heavy atom. The molecule has 5 heteroatoms. The molecular formula is C7H10F3NO. The average Bonchev–Trinajstić information content (AvgIpc) is 2.15. The number of likely N-dealkylation sites (tertiary alicyclic amines) is 1. The summed E-state index contributed by atoms with van der Waals surface area (Å²) in [5.41, 5.74) is 0. The topological polar surface area (TPSA) is 20.3 Å². The summed E-state index contributed by atoms with van der Waals surface area (Å²) in [6.07, 6.45) is -4.25. The molecule has 1 aliphatic heterocycles. The highest BCUT2D eigenvalue weighted by Gasteiger charge is 2.50. The number of amides is 1. The summed E-state index contributed by atoms with van der Waals surface area (Å²) in [7, 11) is 1.39. The Morgan fingerprint density at radius 2 is 2.00 bits per heavy atom. The minimum absolute atomic E-state index is 0.205. The predicted octanol–water partition coefficient (Wildman–Crippen LogP) is 1.27. The van der Waals surface area contributed by atoms with Gasteiger partial charge in [-0.25, -0.2) is 0 Å². The van der Waals surface area contributed by atoms with E-state index in [9.17, 15) is 18.0 Å². The maximum atomic E-state index is 12.2. The van der Waals surface area contributed by atoms with Crippen molar-refractivity contribution in [3.05, 3.63) is 0 Å². The second-order valence-electron chi connectivity index (χ2n) is 3.16. The SMILES string of the molecule is CC1C(=O)N(C)CC1C(F)(F)F. The molecule has 0 spiro atoms. The van der Waals surface area contributed by atoms with Gasteiger partial charge in [0.1, 0.15) is 0 Å². The Labute approximate surface area is 68.3 Å². The molecule has 12 heavy (non-hydrogen) atoms. The lowest BCUT2D eigenvalue weighted by Crippen LogP contribution is -2.28. The first-order valence-electron chi connectivity index (χ1n) is 3.65. The van der Waals surface area contributed by atoms with Crippen LogP contribution in [0.2, 0.25) is 0 Å². The Balaban J connectivity index is 2.78. The number of halogens is 3. The van der Waals surface area contributed by atoms with Gasteiger partial charge < -0.3 is 4.90 Å².